The van der Waals surface area contributed by atoms with Crippen LogP contribution in [-0.4, -0.2) is 37.6 Å². The zero-order valence-corrected chi connectivity index (χ0v) is 13.7. The molecule has 2 atom stereocenters. The molecule has 1 aliphatic rings. The second-order valence-electron chi connectivity index (χ2n) is 5.73. The number of carbonyl (C=O) groups is 1. The van der Waals surface area contributed by atoms with E-state index in [1.54, 1.807) is 6.07 Å². The summed E-state index contributed by atoms with van der Waals surface area (Å²) in [5.41, 5.74) is 0.613. The molecule has 0 N–H and O–H groups in total. The zero-order chi connectivity index (χ0) is 14.5. The van der Waals surface area contributed by atoms with E-state index in [9.17, 15) is 4.79 Å². The standard InChI is InChI=1S/C16H22BrNO2/c1-18(2)11-12-7-3-6-10-15(12)20-16(19)13-8-4-5-9-14(13)17/h4-5,8-9,12,15H,3,6-7,10-11H2,1-2H3/t12-,15-/m0/s1. The Balaban J connectivity index is 2.03. The Morgan fingerprint density at radius 1 is 1.30 bits per heavy atom. The highest BCUT2D eigenvalue weighted by Gasteiger charge is 2.29. The molecule has 0 amide bonds. The second-order valence-corrected chi connectivity index (χ2v) is 6.58. The number of carbonyl (C=O) groups excluding carboxylic acids is 1. The fraction of sp³-hybridized carbons (Fsp3) is 0.562. The van der Waals surface area contributed by atoms with Crippen LogP contribution in [0.15, 0.2) is 28.7 Å². The van der Waals surface area contributed by atoms with Gasteiger partial charge >= 0.3 is 5.97 Å². The summed E-state index contributed by atoms with van der Waals surface area (Å²) in [6.07, 6.45) is 4.56. The van der Waals surface area contributed by atoms with Crippen molar-refractivity contribution in [2.24, 2.45) is 5.92 Å². The van der Waals surface area contributed by atoms with Gasteiger partial charge in [0.05, 0.1) is 5.56 Å². The zero-order valence-electron chi connectivity index (χ0n) is 12.1. The van der Waals surface area contributed by atoms with Crippen molar-refractivity contribution in [3.63, 3.8) is 0 Å². The molecule has 20 heavy (non-hydrogen) atoms. The second kappa shape index (κ2) is 7.23. The fourth-order valence-corrected chi connectivity index (χ4v) is 3.28. The summed E-state index contributed by atoms with van der Waals surface area (Å²) >= 11 is 3.41. The fourth-order valence-electron chi connectivity index (χ4n) is 2.83. The first-order valence-corrected chi connectivity index (χ1v) is 7.97. The van der Waals surface area contributed by atoms with Crippen LogP contribution < -0.4 is 0 Å². The van der Waals surface area contributed by atoms with Crippen molar-refractivity contribution in [3.05, 3.63) is 34.3 Å². The number of nitrogens with zero attached hydrogens (tertiary/aromatic N) is 1. The van der Waals surface area contributed by atoms with Gasteiger partial charge in [-0.1, -0.05) is 18.6 Å². The average Bonchev–Trinajstić information content (AvgIpc) is 2.41. The number of hydrogen-bond acceptors (Lipinski definition) is 3. The van der Waals surface area contributed by atoms with Gasteiger partial charge in [-0.05, 0) is 61.4 Å². The van der Waals surface area contributed by atoms with E-state index in [1.165, 1.54) is 6.42 Å². The Kier molecular flexibility index (Phi) is 5.61. The Hall–Kier alpha value is -0.870. The quantitative estimate of drug-likeness (QED) is 0.783. The van der Waals surface area contributed by atoms with Crippen molar-refractivity contribution in [2.45, 2.75) is 31.8 Å². The molecule has 0 aliphatic heterocycles. The Morgan fingerprint density at radius 2 is 2.00 bits per heavy atom. The summed E-state index contributed by atoms with van der Waals surface area (Å²) < 4.78 is 6.57. The maximum atomic E-state index is 12.3. The van der Waals surface area contributed by atoms with Crippen LogP contribution in [0.5, 0.6) is 0 Å². The lowest BCUT2D eigenvalue weighted by Crippen LogP contribution is -2.36. The van der Waals surface area contributed by atoms with Crippen LogP contribution in [0, 0.1) is 5.92 Å². The van der Waals surface area contributed by atoms with Crippen molar-refractivity contribution in [1.82, 2.24) is 4.90 Å². The molecular weight excluding hydrogens is 318 g/mol. The number of ether oxygens (including phenoxy) is 1. The molecule has 2 rings (SSSR count). The molecule has 0 bridgehead atoms. The maximum absolute atomic E-state index is 12.3. The molecule has 0 heterocycles. The van der Waals surface area contributed by atoms with E-state index in [2.05, 4.69) is 34.9 Å². The molecular formula is C16H22BrNO2. The molecule has 1 fully saturated rings. The minimum absolute atomic E-state index is 0.0470. The predicted octanol–water partition coefficient (Wildman–Crippen LogP) is 3.73. The number of benzene rings is 1. The van der Waals surface area contributed by atoms with E-state index < -0.39 is 0 Å². The third-order valence-corrected chi connectivity index (χ3v) is 4.48. The highest BCUT2D eigenvalue weighted by molar-refractivity contribution is 9.10. The van der Waals surface area contributed by atoms with E-state index in [-0.39, 0.29) is 12.1 Å². The van der Waals surface area contributed by atoms with E-state index in [0.717, 1.165) is 30.3 Å². The Labute approximate surface area is 129 Å². The molecule has 110 valence electrons. The lowest BCUT2D eigenvalue weighted by Gasteiger charge is -2.33. The highest BCUT2D eigenvalue weighted by atomic mass is 79.9. The lowest BCUT2D eigenvalue weighted by atomic mass is 9.86. The van der Waals surface area contributed by atoms with Crippen molar-refractivity contribution < 1.29 is 9.53 Å². The van der Waals surface area contributed by atoms with Gasteiger partial charge in [-0.25, -0.2) is 4.79 Å². The summed E-state index contributed by atoms with van der Waals surface area (Å²) in [5.74, 6) is 0.235. The monoisotopic (exact) mass is 339 g/mol. The smallest absolute Gasteiger partial charge is 0.339 e. The summed E-state index contributed by atoms with van der Waals surface area (Å²) in [4.78, 5) is 14.5. The Morgan fingerprint density at radius 3 is 2.70 bits per heavy atom. The number of hydrogen-bond donors (Lipinski definition) is 0. The van der Waals surface area contributed by atoms with Crippen molar-refractivity contribution in [2.75, 3.05) is 20.6 Å². The van der Waals surface area contributed by atoms with Crippen LogP contribution in [0.2, 0.25) is 0 Å². The van der Waals surface area contributed by atoms with Gasteiger partial charge in [-0.3, -0.25) is 0 Å². The van der Waals surface area contributed by atoms with Crippen LogP contribution in [0.25, 0.3) is 0 Å². The van der Waals surface area contributed by atoms with Crippen LogP contribution in [-0.2, 0) is 4.74 Å². The van der Waals surface area contributed by atoms with Crippen LogP contribution in [0.4, 0.5) is 0 Å². The highest BCUT2D eigenvalue weighted by Crippen LogP contribution is 2.29. The van der Waals surface area contributed by atoms with Gasteiger partial charge < -0.3 is 9.64 Å². The van der Waals surface area contributed by atoms with Crippen molar-refractivity contribution >= 4 is 21.9 Å². The van der Waals surface area contributed by atoms with Gasteiger partial charge in [0.15, 0.2) is 0 Å². The van der Waals surface area contributed by atoms with Crippen molar-refractivity contribution in [1.29, 1.82) is 0 Å². The molecule has 0 saturated heterocycles. The molecule has 0 spiro atoms. The summed E-state index contributed by atoms with van der Waals surface area (Å²) in [6.45, 7) is 0.980. The molecule has 1 saturated carbocycles. The molecule has 1 aromatic rings. The van der Waals surface area contributed by atoms with Gasteiger partial charge in [0.2, 0.25) is 0 Å². The third-order valence-electron chi connectivity index (χ3n) is 3.79. The molecule has 0 radical (unpaired) electrons. The first-order chi connectivity index (χ1) is 9.58. The average molecular weight is 340 g/mol. The summed E-state index contributed by atoms with van der Waals surface area (Å²) in [5, 5.41) is 0. The van der Waals surface area contributed by atoms with Gasteiger partial charge in [-0.15, -0.1) is 0 Å². The topological polar surface area (TPSA) is 29.5 Å². The largest absolute Gasteiger partial charge is 0.458 e. The Bertz CT molecular complexity index is 462. The molecule has 0 unspecified atom stereocenters. The molecule has 3 nitrogen and oxygen atoms in total. The number of halogens is 1. The van der Waals surface area contributed by atoms with E-state index in [0.29, 0.717) is 11.5 Å². The van der Waals surface area contributed by atoms with E-state index >= 15 is 0 Å². The first kappa shape index (κ1) is 15.5. The third kappa shape index (κ3) is 4.06. The number of esters is 1. The van der Waals surface area contributed by atoms with Crippen LogP contribution >= 0.6 is 15.9 Å². The first-order valence-electron chi connectivity index (χ1n) is 7.18. The van der Waals surface area contributed by atoms with Gasteiger partial charge in [0.1, 0.15) is 6.10 Å². The number of rotatable bonds is 4. The molecule has 1 aromatic carbocycles. The normalized spacial score (nSPS) is 22.8. The van der Waals surface area contributed by atoms with E-state index in [1.807, 2.05) is 18.2 Å². The lowest BCUT2D eigenvalue weighted by molar-refractivity contribution is -0.00333. The molecule has 4 heteroatoms. The molecule has 0 aromatic heterocycles. The summed E-state index contributed by atoms with van der Waals surface area (Å²) in [6, 6.07) is 7.43. The van der Waals surface area contributed by atoms with Crippen LogP contribution in [0.3, 0.4) is 0 Å². The van der Waals surface area contributed by atoms with Gasteiger partial charge in [-0.2, -0.15) is 0 Å². The van der Waals surface area contributed by atoms with Gasteiger partial charge in [0.25, 0.3) is 0 Å². The molecule has 1 aliphatic carbocycles. The van der Waals surface area contributed by atoms with Gasteiger partial charge in [0, 0.05) is 16.9 Å². The minimum Gasteiger partial charge on any atom is -0.458 e. The minimum atomic E-state index is -0.215. The van der Waals surface area contributed by atoms with Crippen molar-refractivity contribution in [3.8, 4) is 0 Å². The SMILES string of the molecule is CN(C)C[C@@H]1CCCC[C@@H]1OC(=O)c1ccccc1Br. The summed E-state index contributed by atoms with van der Waals surface area (Å²) in [7, 11) is 4.14. The van der Waals surface area contributed by atoms with E-state index in [4.69, 9.17) is 4.74 Å². The predicted molar refractivity (Wildman–Crippen MR) is 83.9 cm³/mol. The van der Waals surface area contributed by atoms with Crippen LogP contribution in [0.1, 0.15) is 36.0 Å². The maximum Gasteiger partial charge on any atom is 0.339 e.